The number of halogens is 2. The van der Waals surface area contributed by atoms with Crippen LogP contribution in [0.2, 0.25) is 10.0 Å². The van der Waals surface area contributed by atoms with E-state index in [2.05, 4.69) is 10.4 Å². The molecule has 3 N–H and O–H groups in total. The minimum absolute atomic E-state index is 0.0480. The summed E-state index contributed by atoms with van der Waals surface area (Å²) in [5.74, 6) is 5.62. The predicted octanol–water partition coefficient (Wildman–Crippen LogP) is 3.53. The first kappa shape index (κ1) is 14.3. The van der Waals surface area contributed by atoms with Crippen LogP contribution in [0.5, 0.6) is 0 Å². The first-order valence-electron chi connectivity index (χ1n) is 6.01. The van der Waals surface area contributed by atoms with Crippen molar-refractivity contribution >= 4 is 23.2 Å². The molecule has 1 aromatic heterocycles. The van der Waals surface area contributed by atoms with E-state index in [4.69, 9.17) is 29.0 Å². The fourth-order valence-electron chi connectivity index (χ4n) is 1.95. The van der Waals surface area contributed by atoms with Gasteiger partial charge in [0.2, 0.25) is 0 Å². The summed E-state index contributed by atoms with van der Waals surface area (Å²) in [6.45, 7) is 0. The number of hydrogen-bond donors (Lipinski definition) is 2. The highest BCUT2D eigenvalue weighted by Crippen LogP contribution is 2.28. The maximum absolute atomic E-state index is 6.18. The molecule has 2 aromatic rings. The molecule has 3 nitrogen and oxygen atoms in total. The molecule has 2 rings (SSSR count). The van der Waals surface area contributed by atoms with Gasteiger partial charge in [-0.3, -0.25) is 16.3 Å². The van der Waals surface area contributed by atoms with E-state index in [9.17, 15) is 0 Å². The first-order chi connectivity index (χ1) is 9.20. The van der Waals surface area contributed by atoms with Crippen molar-refractivity contribution in [1.82, 2.24) is 10.4 Å². The molecule has 0 saturated carbocycles. The van der Waals surface area contributed by atoms with E-state index in [0.29, 0.717) is 10.0 Å². The second-order valence-electron chi connectivity index (χ2n) is 4.24. The Bertz CT molecular complexity index is 531. The zero-order valence-corrected chi connectivity index (χ0v) is 11.8. The number of aromatic nitrogens is 1. The van der Waals surface area contributed by atoms with Crippen molar-refractivity contribution in [1.29, 1.82) is 0 Å². The number of rotatable bonds is 5. The van der Waals surface area contributed by atoms with Crippen molar-refractivity contribution in [3.63, 3.8) is 0 Å². The highest BCUT2D eigenvalue weighted by Gasteiger charge is 2.14. The van der Waals surface area contributed by atoms with Crippen LogP contribution in [0, 0.1) is 0 Å². The largest absolute Gasteiger partial charge is 0.271 e. The summed E-state index contributed by atoms with van der Waals surface area (Å²) >= 11 is 12.2. The molecule has 1 unspecified atom stereocenters. The maximum Gasteiger partial charge on any atom is 0.0479 e. The van der Waals surface area contributed by atoms with Crippen molar-refractivity contribution in [2.75, 3.05) is 0 Å². The third-order valence-electron chi connectivity index (χ3n) is 2.95. The maximum atomic E-state index is 6.18. The molecule has 1 aromatic carbocycles. The zero-order chi connectivity index (χ0) is 13.7. The highest BCUT2D eigenvalue weighted by atomic mass is 35.5. The van der Waals surface area contributed by atoms with Crippen molar-refractivity contribution in [3.05, 3.63) is 63.9 Å². The van der Waals surface area contributed by atoms with Gasteiger partial charge in [0.05, 0.1) is 0 Å². The summed E-state index contributed by atoms with van der Waals surface area (Å²) in [6, 6.07) is 11.2. The van der Waals surface area contributed by atoms with E-state index in [-0.39, 0.29) is 6.04 Å². The number of nitrogens with zero attached hydrogens (tertiary/aromatic N) is 1. The number of pyridine rings is 1. The van der Waals surface area contributed by atoms with Crippen molar-refractivity contribution in [2.45, 2.75) is 18.9 Å². The number of nitrogens with two attached hydrogens (primary N) is 1. The predicted molar refractivity (Wildman–Crippen MR) is 79.1 cm³/mol. The summed E-state index contributed by atoms with van der Waals surface area (Å²) in [5, 5.41) is 1.31. The van der Waals surface area contributed by atoms with Crippen LogP contribution in [-0.2, 0) is 6.42 Å². The SMILES string of the molecule is NNC(CCc1ccccn1)c1cc(Cl)ccc1Cl. The van der Waals surface area contributed by atoms with Gasteiger partial charge in [-0.15, -0.1) is 0 Å². The smallest absolute Gasteiger partial charge is 0.0479 e. The fourth-order valence-corrected chi connectivity index (χ4v) is 2.38. The third-order valence-corrected chi connectivity index (χ3v) is 3.53. The quantitative estimate of drug-likeness (QED) is 0.655. The minimum Gasteiger partial charge on any atom is -0.271 e. The van der Waals surface area contributed by atoms with Crippen LogP contribution in [0.3, 0.4) is 0 Å². The molecule has 0 radical (unpaired) electrons. The van der Waals surface area contributed by atoms with Gasteiger partial charge in [0, 0.05) is 28.0 Å². The topological polar surface area (TPSA) is 50.9 Å². The lowest BCUT2D eigenvalue weighted by Gasteiger charge is -2.17. The standard InChI is InChI=1S/C14H15Cl2N3/c15-10-4-6-13(16)12(9-10)14(19-17)7-5-11-3-1-2-8-18-11/h1-4,6,8-9,14,19H,5,7,17H2. The van der Waals surface area contributed by atoms with Gasteiger partial charge >= 0.3 is 0 Å². The molecule has 0 saturated heterocycles. The molecule has 19 heavy (non-hydrogen) atoms. The summed E-state index contributed by atoms with van der Waals surface area (Å²) in [4.78, 5) is 4.29. The fraction of sp³-hybridized carbons (Fsp3) is 0.214. The number of benzene rings is 1. The molecule has 0 bridgehead atoms. The Morgan fingerprint density at radius 1 is 1.21 bits per heavy atom. The van der Waals surface area contributed by atoms with Crippen LogP contribution < -0.4 is 11.3 Å². The van der Waals surface area contributed by atoms with Crippen molar-refractivity contribution in [3.8, 4) is 0 Å². The average molecular weight is 296 g/mol. The van der Waals surface area contributed by atoms with Crippen LogP contribution in [0.4, 0.5) is 0 Å². The average Bonchev–Trinajstić information content (AvgIpc) is 2.44. The van der Waals surface area contributed by atoms with Crippen LogP contribution in [0.25, 0.3) is 0 Å². The van der Waals surface area contributed by atoms with E-state index in [1.54, 1.807) is 18.3 Å². The summed E-state index contributed by atoms with van der Waals surface area (Å²) in [6.07, 6.45) is 3.40. The third kappa shape index (κ3) is 3.91. The van der Waals surface area contributed by atoms with Gasteiger partial charge in [-0.25, -0.2) is 0 Å². The Labute approximate surface area is 122 Å². The van der Waals surface area contributed by atoms with Gasteiger partial charge in [0.15, 0.2) is 0 Å². The molecular formula is C14H15Cl2N3. The lowest BCUT2D eigenvalue weighted by Crippen LogP contribution is -2.28. The van der Waals surface area contributed by atoms with Gasteiger partial charge < -0.3 is 0 Å². The van der Waals surface area contributed by atoms with Crippen LogP contribution in [0.1, 0.15) is 23.7 Å². The lowest BCUT2D eigenvalue weighted by atomic mass is 10.0. The van der Waals surface area contributed by atoms with Crippen LogP contribution >= 0.6 is 23.2 Å². The molecule has 0 amide bonds. The van der Waals surface area contributed by atoms with Gasteiger partial charge in [0.1, 0.15) is 0 Å². The van der Waals surface area contributed by atoms with Gasteiger partial charge in [-0.2, -0.15) is 0 Å². The Morgan fingerprint density at radius 2 is 2.05 bits per heavy atom. The van der Waals surface area contributed by atoms with Crippen molar-refractivity contribution in [2.24, 2.45) is 5.84 Å². The highest BCUT2D eigenvalue weighted by molar-refractivity contribution is 6.33. The normalized spacial score (nSPS) is 12.4. The Morgan fingerprint density at radius 3 is 2.74 bits per heavy atom. The lowest BCUT2D eigenvalue weighted by molar-refractivity contribution is 0.514. The molecule has 1 atom stereocenters. The number of hydrazine groups is 1. The molecular weight excluding hydrogens is 281 g/mol. The molecule has 0 aliphatic carbocycles. The molecule has 0 spiro atoms. The van der Waals surface area contributed by atoms with Gasteiger partial charge in [-0.1, -0.05) is 29.3 Å². The molecule has 0 aliphatic rings. The number of nitrogens with one attached hydrogen (secondary N) is 1. The Hall–Kier alpha value is -1.13. The van der Waals surface area contributed by atoms with E-state index >= 15 is 0 Å². The second-order valence-corrected chi connectivity index (χ2v) is 5.09. The van der Waals surface area contributed by atoms with E-state index in [0.717, 1.165) is 24.1 Å². The summed E-state index contributed by atoms with van der Waals surface area (Å²) < 4.78 is 0. The Balaban J connectivity index is 2.10. The van der Waals surface area contributed by atoms with E-state index < -0.39 is 0 Å². The minimum atomic E-state index is -0.0480. The number of hydrogen-bond acceptors (Lipinski definition) is 3. The molecule has 1 heterocycles. The monoisotopic (exact) mass is 295 g/mol. The summed E-state index contributed by atoms with van der Waals surface area (Å²) in [7, 11) is 0. The van der Waals surface area contributed by atoms with Gasteiger partial charge in [-0.05, 0) is 48.7 Å². The van der Waals surface area contributed by atoms with Crippen molar-refractivity contribution < 1.29 is 0 Å². The van der Waals surface area contributed by atoms with Crippen LogP contribution in [0.15, 0.2) is 42.6 Å². The second kappa shape index (κ2) is 6.87. The molecule has 0 fully saturated rings. The Kier molecular flexibility index (Phi) is 5.16. The molecule has 100 valence electrons. The van der Waals surface area contributed by atoms with E-state index in [1.807, 2.05) is 24.3 Å². The van der Waals surface area contributed by atoms with Gasteiger partial charge in [0.25, 0.3) is 0 Å². The van der Waals surface area contributed by atoms with E-state index in [1.165, 1.54) is 0 Å². The molecule has 0 aliphatic heterocycles. The molecule has 5 heteroatoms. The van der Waals surface area contributed by atoms with Crippen LogP contribution in [-0.4, -0.2) is 4.98 Å². The zero-order valence-electron chi connectivity index (χ0n) is 10.3. The summed E-state index contributed by atoms with van der Waals surface area (Å²) in [5.41, 5.74) is 4.72. The number of aryl methyl sites for hydroxylation is 1. The first-order valence-corrected chi connectivity index (χ1v) is 6.77.